The van der Waals surface area contributed by atoms with Crippen molar-refractivity contribution in [2.75, 3.05) is 11.9 Å². The molecule has 1 fully saturated rings. The summed E-state index contributed by atoms with van der Waals surface area (Å²) in [4.78, 5) is 43.0. The first-order chi connectivity index (χ1) is 15.8. The van der Waals surface area contributed by atoms with E-state index < -0.39 is 18.0 Å². The fourth-order valence-electron chi connectivity index (χ4n) is 3.82. The summed E-state index contributed by atoms with van der Waals surface area (Å²) >= 11 is 5.92. The largest absolute Gasteiger partial charge is 0.484 e. The SMILES string of the molecule is CC(OC(=O)c1ccc(OCC(=O)N2C(C)CCCC2C)cc1)C(=O)Nc1cccnc1Cl. The summed E-state index contributed by atoms with van der Waals surface area (Å²) in [6.45, 7) is 5.51. The van der Waals surface area contributed by atoms with E-state index >= 15 is 0 Å². The first-order valence-corrected chi connectivity index (χ1v) is 11.3. The summed E-state index contributed by atoms with van der Waals surface area (Å²) in [6, 6.07) is 9.86. The maximum Gasteiger partial charge on any atom is 0.338 e. The predicted octanol–water partition coefficient (Wildman–Crippen LogP) is 4.09. The van der Waals surface area contributed by atoms with Crippen LogP contribution in [0.25, 0.3) is 0 Å². The number of ether oxygens (including phenoxy) is 2. The Morgan fingerprint density at radius 3 is 2.45 bits per heavy atom. The molecule has 0 saturated carbocycles. The van der Waals surface area contributed by atoms with Crippen molar-refractivity contribution in [1.29, 1.82) is 0 Å². The molecule has 1 aromatic heterocycles. The van der Waals surface area contributed by atoms with Crippen LogP contribution in [0, 0.1) is 0 Å². The number of nitrogens with zero attached hydrogens (tertiary/aromatic N) is 2. The van der Waals surface area contributed by atoms with Gasteiger partial charge in [0.1, 0.15) is 5.75 Å². The number of hydrogen-bond donors (Lipinski definition) is 1. The van der Waals surface area contributed by atoms with Crippen molar-refractivity contribution in [1.82, 2.24) is 9.88 Å². The molecular formula is C24H28ClN3O5. The van der Waals surface area contributed by atoms with Crippen molar-refractivity contribution >= 4 is 35.1 Å². The summed E-state index contributed by atoms with van der Waals surface area (Å²) in [5.41, 5.74) is 0.586. The molecule has 0 radical (unpaired) electrons. The smallest absolute Gasteiger partial charge is 0.338 e. The van der Waals surface area contributed by atoms with Crippen molar-refractivity contribution < 1.29 is 23.9 Å². The van der Waals surface area contributed by atoms with Gasteiger partial charge in [0.15, 0.2) is 17.9 Å². The van der Waals surface area contributed by atoms with E-state index in [1.165, 1.54) is 25.3 Å². The van der Waals surface area contributed by atoms with Crippen LogP contribution in [0.5, 0.6) is 5.75 Å². The lowest BCUT2D eigenvalue weighted by atomic mass is 9.97. The predicted molar refractivity (Wildman–Crippen MR) is 124 cm³/mol. The lowest BCUT2D eigenvalue weighted by Crippen LogP contribution is -2.49. The minimum absolute atomic E-state index is 0.0493. The molecule has 0 spiro atoms. The number of carbonyl (C=O) groups excluding carboxylic acids is 3. The number of anilines is 1. The molecule has 2 amide bonds. The molecule has 3 atom stereocenters. The van der Waals surface area contributed by atoms with E-state index in [9.17, 15) is 14.4 Å². The third-order valence-electron chi connectivity index (χ3n) is 5.60. The maximum atomic E-state index is 12.6. The first kappa shape index (κ1) is 24.5. The number of halogens is 1. The Kier molecular flexibility index (Phi) is 8.27. The summed E-state index contributed by atoms with van der Waals surface area (Å²) in [7, 11) is 0. The summed E-state index contributed by atoms with van der Waals surface area (Å²) in [5.74, 6) is -0.771. The van der Waals surface area contributed by atoms with Gasteiger partial charge in [-0.05, 0) is 76.4 Å². The van der Waals surface area contributed by atoms with Gasteiger partial charge >= 0.3 is 5.97 Å². The molecule has 2 heterocycles. The Balaban J connectivity index is 1.50. The Hall–Kier alpha value is -3.13. The normalized spacial score (nSPS) is 18.8. The molecule has 0 bridgehead atoms. The second-order valence-electron chi connectivity index (χ2n) is 8.12. The molecule has 0 aliphatic carbocycles. The highest BCUT2D eigenvalue weighted by atomic mass is 35.5. The molecule has 176 valence electrons. The summed E-state index contributed by atoms with van der Waals surface area (Å²) < 4.78 is 10.9. The van der Waals surface area contributed by atoms with E-state index in [4.69, 9.17) is 21.1 Å². The van der Waals surface area contributed by atoms with Gasteiger partial charge in [0.25, 0.3) is 11.8 Å². The topological polar surface area (TPSA) is 97.8 Å². The number of carbonyl (C=O) groups is 3. The molecular weight excluding hydrogens is 446 g/mol. The number of pyridine rings is 1. The number of amides is 2. The zero-order valence-electron chi connectivity index (χ0n) is 18.9. The van der Waals surface area contributed by atoms with Gasteiger partial charge in [-0.15, -0.1) is 0 Å². The Morgan fingerprint density at radius 2 is 1.82 bits per heavy atom. The number of aromatic nitrogens is 1. The fourth-order valence-corrected chi connectivity index (χ4v) is 3.98. The van der Waals surface area contributed by atoms with E-state index in [0.717, 1.165) is 19.3 Å². The summed E-state index contributed by atoms with van der Waals surface area (Å²) in [6.07, 6.45) is 3.58. The van der Waals surface area contributed by atoms with Crippen LogP contribution >= 0.6 is 11.6 Å². The highest BCUT2D eigenvalue weighted by Gasteiger charge is 2.29. The molecule has 3 unspecified atom stereocenters. The number of benzene rings is 1. The van der Waals surface area contributed by atoms with Gasteiger partial charge < -0.3 is 19.7 Å². The van der Waals surface area contributed by atoms with Crippen LogP contribution in [0.2, 0.25) is 5.15 Å². The fraction of sp³-hybridized carbons (Fsp3) is 0.417. The molecule has 33 heavy (non-hydrogen) atoms. The average Bonchev–Trinajstić information content (AvgIpc) is 2.79. The number of nitrogens with one attached hydrogen (secondary N) is 1. The quantitative estimate of drug-likeness (QED) is 0.480. The van der Waals surface area contributed by atoms with Crippen molar-refractivity contribution in [3.05, 3.63) is 53.3 Å². The van der Waals surface area contributed by atoms with Crippen LogP contribution in [0.15, 0.2) is 42.6 Å². The molecule has 8 nitrogen and oxygen atoms in total. The van der Waals surface area contributed by atoms with E-state index in [-0.39, 0.29) is 35.3 Å². The van der Waals surface area contributed by atoms with Gasteiger partial charge in [0.2, 0.25) is 0 Å². The summed E-state index contributed by atoms with van der Waals surface area (Å²) in [5, 5.41) is 2.71. The minimum Gasteiger partial charge on any atom is -0.484 e. The van der Waals surface area contributed by atoms with Crippen molar-refractivity contribution in [3.63, 3.8) is 0 Å². The van der Waals surface area contributed by atoms with Gasteiger partial charge in [-0.2, -0.15) is 0 Å². The second-order valence-corrected chi connectivity index (χ2v) is 8.48. The zero-order valence-corrected chi connectivity index (χ0v) is 19.7. The molecule has 1 aliphatic heterocycles. The number of piperidine rings is 1. The van der Waals surface area contributed by atoms with Crippen LogP contribution in [0.4, 0.5) is 5.69 Å². The number of hydrogen-bond acceptors (Lipinski definition) is 6. The van der Waals surface area contributed by atoms with Gasteiger partial charge in [0.05, 0.1) is 11.3 Å². The maximum absolute atomic E-state index is 12.6. The molecule has 1 saturated heterocycles. The Bertz CT molecular complexity index is 988. The third-order valence-corrected chi connectivity index (χ3v) is 5.91. The van der Waals surface area contributed by atoms with E-state index in [1.807, 2.05) is 4.90 Å². The van der Waals surface area contributed by atoms with Crippen molar-refractivity contribution in [2.24, 2.45) is 0 Å². The molecule has 1 aliphatic rings. The molecule has 1 aromatic carbocycles. The average molecular weight is 474 g/mol. The monoisotopic (exact) mass is 473 g/mol. The molecule has 9 heteroatoms. The molecule has 1 N–H and O–H groups in total. The van der Waals surface area contributed by atoms with E-state index in [2.05, 4.69) is 24.1 Å². The molecule has 2 aromatic rings. The Morgan fingerprint density at radius 1 is 1.15 bits per heavy atom. The van der Waals surface area contributed by atoms with E-state index in [1.54, 1.807) is 24.3 Å². The highest BCUT2D eigenvalue weighted by Crippen LogP contribution is 2.23. The van der Waals surface area contributed by atoms with Gasteiger partial charge in [0, 0.05) is 18.3 Å². The lowest BCUT2D eigenvalue weighted by Gasteiger charge is -2.38. The zero-order chi connectivity index (χ0) is 24.0. The lowest BCUT2D eigenvalue weighted by molar-refractivity contribution is -0.139. The van der Waals surface area contributed by atoms with Gasteiger partial charge in [-0.3, -0.25) is 9.59 Å². The highest BCUT2D eigenvalue weighted by molar-refractivity contribution is 6.32. The first-order valence-electron chi connectivity index (χ1n) is 10.9. The standard InChI is InChI=1S/C24H28ClN3O5/c1-15-6-4-7-16(2)28(15)21(29)14-32-19-11-9-18(10-12-19)24(31)33-17(3)23(30)27-20-8-5-13-26-22(20)25/h5,8-13,15-17H,4,6-7,14H2,1-3H3,(H,27,30). The minimum atomic E-state index is -1.05. The number of likely N-dealkylation sites (tertiary alicyclic amines) is 1. The van der Waals surface area contributed by atoms with E-state index in [0.29, 0.717) is 11.4 Å². The van der Waals surface area contributed by atoms with Crippen LogP contribution in [0.3, 0.4) is 0 Å². The van der Waals surface area contributed by atoms with Crippen LogP contribution in [0.1, 0.15) is 50.4 Å². The number of rotatable bonds is 7. The van der Waals surface area contributed by atoms with Gasteiger partial charge in [-0.1, -0.05) is 11.6 Å². The van der Waals surface area contributed by atoms with Crippen LogP contribution < -0.4 is 10.1 Å². The Labute approximate surface area is 198 Å². The van der Waals surface area contributed by atoms with Crippen LogP contribution in [-0.2, 0) is 14.3 Å². The van der Waals surface area contributed by atoms with Crippen molar-refractivity contribution in [3.8, 4) is 5.75 Å². The van der Waals surface area contributed by atoms with Crippen LogP contribution in [-0.4, -0.2) is 52.5 Å². The van der Waals surface area contributed by atoms with Crippen molar-refractivity contribution in [2.45, 2.75) is 58.2 Å². The molecule has 3 rings (SSSR count). The number of esters is 1. The second kappa shape index (κ2) is 11.1. The van der Waals surface area contributed by atoms with Gasteiger partial charge in [-0.25, -0.2) is 9.78 Å². The third kappa shape index (κ3) is 6.44.